The first kappa shape index (κ1) is 15.9. The Bertz CT molecular complexity index is 767. The second-order valence-electron chi connectivity index (χ2n) is 7.17. The summed E-state index contributed by atoms with van der Waals surface area (Å²) in [7, 11) is 0. The molecule has 0 spiro atoms. The minimum absolute atomic E-state index is 0.0470. The van der Waals surface area contributed by atoms with Gasteiger partial charge in [0.25, 0.3) is 5.91 Å². The number of nitrogens with one attached hydrogen (secondary N) is 2. The van der Waals surface area contributed by atoms with Crippen LogP contribution in [0, 0.1) is 11.8 Å². The van der Waals surface area contributed by atoms with Crippen LogP contribution in [0.4, 0.5) is 5.69 Å². The Morgan fingerprint density at radius 1 is 1.20 bits per heavy atom. The lowest BCUT2D eigenvalue weighted by molar-refractivity contribution is -0.117. The molecule has 1 aromatic carbocycles. The maximum atomic E-state index is 12.9. The van der Waals surface area contributed by atoms with E-state index in [4.69, 9.17) is 0 Å². The molecule has 5 nitrogen and oxygen atoms in total. The highest BCUT2D eigenvalue weighted by molar-refractivity contribution is 5.97. The largest absolute Gasteiger partial charge is 0.363 e. The number of anilines is 1. The number of likely N-dealkylation sites (tertiary alicyclic amines) is 1. The Kier molecular flexibility index (Phi) is 4.07. The molecule has 1 aliphatic heterocycles. The standard InChI is InChI=1S/C20H23N3O2/c1-13-12-16(13)19(24)22-15-8-6-14(7-9-15)20(25)23-11-3-5-18(23)17-4-2-10-21-17/h2,4,6-10,13,16,18,21H,3,5,11-12H2,1H3,(H,22,24). The van der Waals surface area contributed by atoms with Crippen LogP contribution in [0.2, 0.25) is 0 Å². The summed E-state index contributed by atoms with van der Waals surface area (Å²) >= 11 is 0. The molecule has 4 rings (SSSR count). The van der Waals surface area contributed by atoms with Crippen LogP contribution in [0.5, 0.6) is 0 Å². The lowest BCUT2D eigenvalue weighted by Crippen LogP contribution is -2.30. The zero-order valence-electron chi connectivity index (χ0n) is 14.4. The van der Waals surface area contributed by atoms with Crippen molar-refractivity contribution >= 4 is 17.5 Å². The van der Waals surface area contributed by atoms with Gasteiger partial charge in [-0.15, -0.1) is 0 Å². The van der Waals surface area contributed by atoms with Crippen LogP contribution >= 0.6 is 0 Å². The van der Waals surface area contributed by atoms with Gasteiger partial charge in [0.05, 0.1) is 6.04 Å². The number of hydrogen-bond acceptors (Lipinski definition) is 2. The summed E-state index contributed by atoms with van der Waals surface area (Å²) in [4.78, 5) is 30.0. The van der Waals surface area contributed by atoms with Crippen molar-refractivity contribution < 1.29 is 9.59 Å². The second kappa shape index (κ2) is 6.39. The van der Waals surface area contributed by atoms with E-state index in [1.807, 2.05) is 35.4 Å². The summed E-state index contributed by atoms with van der Waals surface area (Å²) in [6.07, 6.45) is 4.87. The van der Waals surface area contributed by atoms with Gasteiger partial charge in [-0.3, -0.25) is 9.59 Å². The smallest absolute Gasteiger partial charge is 0.254 e. The number of benzene rings is 1. The van der Waals surface area contributed by atoms with Crippen molar-refractivity contribution in [2.45, 2.75) is 32.2 Å². The van der Waals surface area contributed by atoms with Gasteiger partial charge in [-0.1, -0.05) is 6.92 Å². The fourth-order valence-corrected chi connectivity index (χ4v) is 3.67. The normalized spacial score (nSPS) is 25.0. The number of H-pyrrole nitrogens is 1. The van der Waals surface area contributed by atoms with Crippen molar-refractivity contribution in [3.05, 3.63) is 53.9 Å². The third kappa shape index (κ3) is 3.18. The third-order valence-corrected chi connectivity index (χ3v) is 5.34. The summed E-state index contributed by atoms with van der Waals surface area (Å²) in [5, 5.41) is 2.93. The number of aromatic amines is 1. The van der Waals surface area contributed by atoms with Crippen LogP contribution in [0.1, 0.15) is 48.3 Å². The number of carbonyl (C=O) groups excluding carboxylic acids is 2. The van der Waals surface area contributed by atoms with Crippen molar-refractivity contribution in [1.82, 2.24) is 9.88 Å². The molecule has 0 bridgehead atoms. The van der Waals surface area contributed by atoms with Crippen molar-refractivity contribution in [2.75, 3.05) is 11.9 Å². The van der Waals surface area contributed by atoms with Crippen LogP contribution in [-0.2, 0) is 4.79 Å². The summed E-state index contributed by atoms with van der Waals surface area (Å²) in [6.45, 7) is 2.86. The molecule has 5 heteroatoms. The zero-order chi connectivity index (χ0) is 17.4. The van der Waals surface area contributed by atoms with Gasteiger partial charge in [-0.05, 0) is 61.6 Å². The van der Waals surface area contributed by atoms with Gasteiger partial charge in [0.1, 0.15) is 0 Å². The molecule has 1 aromatic heterocycles. The first-order valence-corrected chi connectivity index (χ1v) is 8.98. The highest BCUT2D eigenvalue weighted by atomic mass is 16.2. The summed E-state index contributed by atoms with van der Waals surface area (Å²) < 4.78 is 0. The number of nitrogens with zero attached hydrogens (tertiary/aromatic N) is 1. The Morgan fingerprint density at radius 2 is 1.96 bits per heavy atom. The van der Waals surface area contributed by atoms with Gasteiger partial charge >= 0.3 is 0 Å². The highest BCUT2D eigenvalue weighted by Crippen LogP contribution is 2.38. The van der Waals surface area contributed by atoms with Gasteiger partial charge in [-0.2, -0.15) is 0 Å². The van der Waals surface area contributed by atoms with Crippen molar-refractivity contribution in [3.8, 4) is 0 Å². The average Bonchev–Trinajstić information content (AvgIpc) is 3.04. The predicted molar refractivity (Wildman–Crippen MR) is 96.1 cm³/mol. The maximum absolute atomic E-state index is 12.9. The van der Waals surface area contributed by atoms with Crippen molar-refractivity contribution in [1.29, 1.82) is 0 Å². The molecule has 2 fully saturated rings. The molecule has 130 valence electrons. The van der Waals surface area contributed by atoms with Gasteiger partial charge in [0, 0.05) is 35.6 Å². The van der Waals surface area contributed by atoms with E-state index in [-0.39, 0.29) is 23.8 Å². The Balaban J connectivity index is 1.44. The van der Waals surface area contributed by atoms with Crippen LogP contribution in [0.15, 0.2) is 42.6 Å². The summed E-state index contributed by atoms with van der Waals surface area (Å²) in [5.74, 6) is 0.761. The predicted octanol–water partition coefficient (Wildman–Crippen LogP) is 3.59. The fourth-order valence-electron chi connectivity index (χ4n) is 3.67. The molecule has 3 atom stereocenters. The van der Waals surface area contributed by atoms with Crippen LogP contribution in [-0.4, -0.2) is 28.2 Å². The lowest BCUT2D eigenvalue weighted by Gasteiger charge is -2.24. The average molecular weight is 337 g/mol. The molecule has 3 unspecified atom stereocenters. The minimum Gasteiger partial charge on any atom is -0.363 e. The van der Waals surface area contributed by atoms with Crippen LogP contribution in [0.3, 0.4) is 0 Å². The number of amides is 2. The highest BCUT2D eigenvalue weighted by Gasteiger charge is 2.39. The zero-order valence-corrected chi connectivity index (χ0v) is 14.4. The maximum Gasteiger partial charge on any atom is 0.254 e. The first-order valence-electron chi connectivity index (χ1n) is 8.98. The van der Waals surface area contributed by atoms with Gasteiger partial charge in [0.2, 0.25) is 5.91 Å². The first-order chi connectivity index (χ1) is 12.1. The summed E-state index contributed by atoms with van der Waals surface area (Å²) in [6, 6.07) is 11.4. The molecule has 1 saturated carbocycles. The molecule has 2 heterocycles. The van der Waals surface area contributed by atoms with Crippen molar-refractivity contribution in [2.24, 2.45) is 11.8 Å². The van der Waals surface area contributed by atoms with Gasteiger partial charge in [-0.25, -0.2) is 0 Å². The van der Waals surface area contributed by atoms with E-state index in [0.717, 1.165) is 37.2 Å². The molecule has 1 aliphatic carbocycles. The summed E-state index contributed by atoms with van der Waals surface area (Å²) in [5.41, 5.74) is 2.51. The van der Waals surface area contributed by atoms with Crippen LogP contribution in [0.25, 0.3) is 0 Å². The van der Waals surface area contributed by atoms with E-state index >= 15 is 0 Å². The second-order valence-corrected chi connectivity index (χ2v) is 7.17. The van der Waals surface area contributed by atoms with Gasteiger partial charge < -0.3 is 15.2 Å². The SMILES string of the molecule is CC1CC1C(=O)Nc1ccc(C(=O)N2CCCC2c2ccc[nH]2)cc1. The minimum atomic E-state index is 0.0470. The Labute approximate surface area is 147 Å². The Hall–Kier alpha value is -2.56. The van der Waals surface area contributed by atoms with E-state index in [9.17, 15) is 9.59 Å². The van der Waals surface area contributed by atoms with E-state index in [1.54, 1.807) is 12.1 Å². The quantitative estimate of drug-likeness (QED) is 0.895. The monoisotopic (exact) mass is 337 g/mol. The van der Waals surface area contributed by atoms with E-state index < -0.39 is 0 Å². The third-order valence-electron chi connectivity index (χ3n) is 5.34. The molecular formula is C20H23N3O2. The topological polar surface area (TPSA) is 65.2 Å². The number of carbonyl (C=O) groups is 2. The lowest BCUT2D eigenvalue weighted by atomic mass is 10.1. The molecular weight excluding hydrogens is 314 g/mol. The molecule has 0 radical (unpaired) electrons. The number of aromatic nitrogens is 1. The molecule has 2 aromatic rings. The fraction of sp³-hybridized carbons (Fsp3) is 0.400. The molecule has 2 aliphatic rings. The van der Waals surface area contributed by atoms with Crippen LogP contribution < -0.4 is 5.32 Å². The molecule has 25 heavy (non-hydrogen) atoms. The molecule has 2 amide bonds. The van der Waals surface area contributed by atoms with E-state index in [1.165, 1.54) is 0 Å². The number of hydrogen-bond donors (Lipinski definition) is 2. The Morgan fingerprint density at radius 3 is 2.60 bits per heavy atom. The van der Waals surface area contributed by atoms with E-state index in [2.05, 4.69) is 17.2 Å². The van der Waals surface area contributed by atoms with E-state index in [0.29, 0.717) is 11.5 Å². The number of rotatable bonds is 4. The molecule has 1 saturated heterocycles. The van der Waals surface area contributed by atoms with Gasteiger partial charge in [0.15, 0.2) is 0 Å². The molecule has 2 N–H and O–H groups in total. The van der Waals surface area contributed by atoms with Crippen molar-refractivity contribution in [3.63, 3.8) is 0 Å².